The number of halogens is 1. The maximum absolute atomic E-state index is 13.5. The van der Waals surface area contributed by atoms with E-state index >= 15 is 0 Å². The first kappa shape index (κ1) is 27.7. The van der Waals surface area contributed by atoms with E-state index < -0.39 is 28.5 Å². The van der Waals surface area contributed by atoms with Crippen molar-refractivity contribution in [1.82, 2.24) is 10.2 Å². The summed E-state index contributed by atoms with van der Waals surface area (Å²) in [5, 5.41) is 3.31. The molecule has 0 heterocycles. The summed E-state index contributed by atoms with van der Waals surface area (Å²) in [6.45, 7) is 8.99. The van der Waals surface area contributed by atoms with Gasteiger partial charge in [-0.3, -0.25) is 13.9 Å². The Morgan fingerprint density at radius 3 is 2.21 bits per heavy atom. The molecular formula is C25H34ClN3O4S. The van der Waals surface area contributed by atoms with Gasteiger partial charge < -0.3 is 10.2 Å². The van der Waals surface area contributed by atoms with E-state index in [1.807, 2.05) is 52.0 Å². The van der Waals surface area contributed by atoms with Gasteiger partial charge in [0, 0.05) is 17.6 Å². The van der Waals surface area contributed by atoms with Crippen LogP contribution in [-0.4, -0.2) is 50.0 Å². The molecule has 2 amide bonds. The van der Waals surface area contributed by atoms with E-state index in [0.29, 0.717) is 10.7 Å². The SMILES string of the molecule is CC[C@H](C)NC(=O)[C@H](C)N(Cc1ccc(C)cc1)C(=O)CN(c1ccc(C)c(Cl)c1)S(C)(=O)=O. The zero-order chi connectivity index (χ0) is 25.6. The number of hydrogen-bond acceptors (Lipinski definition) is 4. The zero-order valence-electron chi connectivity index (χ0n) is 20.6. The Hall–Kier alpha value is -2.58. The molecule has 0 saturated heterocycles. The third-order valence-electron chi connectivity index (χ3n) is 5.76. The molecule has 2 aromatic carbocycles. The maximum atomic E-state index is 13.5. The van der Waals surface area contributed by atoms with Gasteiger partial charge in [0.25, 0.3) is 0 Å². The monoisotopic (exact) mass is 507 g/mol. The third-order valence-corrected chi connectivity index (χ3v) is 7.31. The second-order valence-electron chi connectivity index (χ2n) is 8.70. The third kappa shape index (κ3) is 7.46. The summed E-state index contributed by atoms with van der Waals surface area (Å²) < 4.78 is 26.2. The van der Waals surface area contributed by atoms with Gasteiger partial charge in [0.15, 0.2) is 0 Å². The quantitative estimate of drug-likeness (QED) is 0.525. The number of hydrogen-bond donors (Lipinski definition) is 1. The minimum absolute atomic E-state index is 0.0477. The van der Waals surface area contributed by atoms with Gasteiger partial charge >= 0.3 is 0 Å². The Kier molecular flexibility index (Phi) is 9.53. The first-order valence-corrected chi connectivity index (χ1v) is 13.4. The van der Waals surface area contributed by atoms with Crippen LogP contribution in [-0.2, 0) is 26.2 Å². The van der Waals surface area contributed by atoms with E-state index in [-0.39, 0.29) is 18.5 Å². The van der Waals surface area contributed by atoms with E-state index in [0.717, 1.165) is 33.7 Å². The minimum atomic E-state index is -3.80. The Labute approximate surface area is 208 Å². The molecule has 0 bridgehead atoms. The predicted octanol–water partition coefficient (Wildman–Crippen LogP) is 4.05. The molecule has 0 aromatic heterocycles. The summed E-state index contributed by atoms with van der Waals surface area (Å²) >= 11 is 6.21. The van der Waals surface area contributed by atoms with Gasteiger partial charge in [0.2, 0.25) is 21.8 Å². The van der Waals surface area contributed by atoms with Crippen molar-refractivity contribution in [3.05, 3.63) is 64.2 Å². The fraction of sp³-hybridized carbons (Fsp3) is 0.440. The van der Waals surface area contributed by atoms with Crippen LogP contribution in [0.15, 0.2) is 42.5 Å². The molecule has 2 rings (SSSR count). The molecule has 2 atom stereocenters. The fourth-order valence-corrected chi connectivity index (χ4v) is 4.31. The van der Waals surface area contributed by atoms with Gasteiger partial charge in [-0.2, -0.15) is 0 Å². The number of sulfonamides is 1. The predicted molar refractivity (Wildman–Crippen MR) is 137 cm³/mol. The number of rotatable bonds is 10. The highest BCUT2D eigenvalue weighted by Gasteiger charge is 2.30. The van der Waals surface area contributed by atoms with Crippen LogP contribution in [0.2, 0.25) is 5.02 Å². The number of nitrogens with zero attached hydrogens (tertiary/aromatic N) is 2. The highest BCUT2D eigenvalue weighted by molar-refractivity contribution is 7.92. The lowest BCUT2D eigenvalue weighted by Gasteiger charge is -2.32. The van der Waals surface area contributed by atoms with Gasteiger partial charge in [-0.05, 0) is 57.4 Å². The first-order chi connectivity index (χ1) is 15.8. The summed E-state index contributed by atoms with van der Waals surface area (Å²) in [7, 11) is -3.80. The molecule has 7 nitrogen and oxygen atoms in total. The molecule has 1 N–H and O–H groups in total. The van der Waals surface area contributed by atoms with Gasteiger partial charge in [0.05, 0.1) is 11.9 Å². The second kappa shape index (κ2) is 11.7. The van der Waals surface area contributed by atoms with Gasteiger partial charge in [0.1, 0.15) is 12.6 Å². The van der Waals surface area contributed by atoms with Crippen molar-refractivity contribution in [2.24, 2.45) is 0 Å². The molecular weight excluding hydrogens is 474 g/mol. The summed E-state index contributed by atoms with van der Waals surface area (Å²) in [6.07, 6.45) is 1.79. The van der Waals surface area contributed by atoms with E-state index in [4.69, 9.17) is 11.6 Å². The van der Waals surface area contributed by atoms with Gasteiger partial charge in [-0.25, -0.2) is 8.42 Å². The Morgan fingerprint density at radius 2 is 1.68 bits per heavy atom. The van der Waals surface area contributed by atoms with Crippen LogP contribution in [0.4, 0.5) is 5.69 Å². The smallest absolute Gasteiger partial charge is 0.244 e. The largest absolute Gasteiger partial charge is 0.352 e. The standard InChI is InChI=1S/C25H34ClN3O4S/c1-7-19(4)27-25(31)20(5)28(15-21-11-8-17(2)9-12-21)24(30)16-29(34(6,32)33)22-13-10-18(3)23(26)14-22/h8-14,19-20H,7,15-16H2,1-6H3,(H,27,31)/t19-,20-/m0/s1. The molecule has 0 unspecified atom stereocenters. The van der Waals surface area contributed by atoms with Crippen molar-refractivity contribution >= 4 is 39.1 Å². The second-order valence-corrected chi connectivity index (χ2v) is 11.0. The number of aryl methyl sites for hydroxylation is 2. The molecule has 2 aromatic rings. The van der Waals surface area contributed by atoms with E-state index in [2.05, 4.69) is 5.32 Å². The Bertz CT molecular complexity index is 1120. The van der Waals surface area contributed by atoms with Crippen LogP contribution in [0.5, 0.6) is 0 Å². The molecule has 186 valence electrons. The Balaban J connectivity index is 2.39. The maximum Gasteiger partial charge on any atom is 0.244 e. The Morgan fingerprint density at radius 1 is 1.06 bits per heavy atom. The molecule has 0 aliphatic rings. The van der Waals surface area contributed by atoms with Crippen molar-refractivity contribution in [1.29, 1.82) is 0 Å². The molecule has 0 spiro atoms. The van der Waals surface area contributed by atoms with Crippen LogP contribution in [0.1, 0.15) is 43.9 Å². The van der Waals surface area contributed by atoms with E-state index in [9.17, 15) is 18.0 Å². The van der Waals surface area contributed by atoms with E-state index in [1.54, 1.807) is 19.1 Å². The zero-order valence-corrected chi connectivity index (χ0v) is 22.2. The molecule has 0 radical (unpaired) electrons. The molecule has 0 fully saturated rings. The highest BCUT2D eigenvalue weighted by atomic mass is 35.5. The first-order valence-electron chi connectivity index (χ1n) is 11.2. The number of benzene rings is 2. The lowest BCUT2D eigenvalue weighted by molar-refractivity contribution is -0.139. The lowest BCUT2D eigenvalue weighted by atomic mass is 10.1. The van der Waals surface area contributed by atoms with Crippen LogP contribution >= 0.6 is 11.6 Å². The van der Waals surface area contributed by atoms with E-state index in [1.165, 1.54) is 11.0 Å². The topological polar surface area (TPSA) is 86.8 Å². The van der Waals surface area contributed by atoms with Crippen molar-refractivity contribution in [2.75, 3.05) is 17.1 Å². The van der Waals surface area contributed by atoms with Crippen molar-refractivity contribution in [3.8, 4) is 0 Å². The number of amides is 2. The highest BCUT2D eigenvalue weighted by Crippen LogP contribution is 2.25. The molecule has 34 heavy (non-hydrogen) atoms. The summed E-state index contributed by atoms with van der Waals surface area (Å²) in [4.78, 5) is 27.8. The normalized spacial score (nSPS) is 13.1. The van der Waals surface area contributed by atoms with Crippen LogP contribution in [0.3, 0.4) is 0 Å². The number of carbonyl (C=O) groups excluding carboxylic acids is 2. The number of anilines is 1. The van der Waals surface area contributed by atoms with Crippen LogP contribution < -0.4 is 9.62 Å². The van der Waals surface area contributed by atoms with Crippen LogP contribution in [0, 0.1) is 13.8 Å². The minimum Gasteiger partial charge on any atom is -0.352 e. The molecule has 0 saturated carbocycles. The van der Waals surface area contributed by atoms with Crippen molar-refractivity contribution < 1.29 is 18.0 Å². The molecule has 0 aliphatic heterocycles. The number of nitrogens with one attached hydrogen (secondary N) is 1. The average molecular weight is 508 g/mol. The van der Waals surface area contributed by atoms with Crippen molar-refractivity contribution in [3.63, 3.8) is 0 Å². The summed E-state index contributed by atoms with van der Waals surface area (Å²) in [5.74, 6) is -0.784. The number of carbonyl (C=O) groups is 2. The van der Waals surface area contributed by atoms with Gasteiger partial charge in [-0.1, -0.05) is 54.4 Å². The fourth-order valence-electron chi connectivity index (χ4n) is 3.29. The van der Waals surface area contributed by atoms with Crippen molar-refractivity contribution in [2.45, 2.75) is 59.7 Å². The summed E-state index contributed by atoms with van der Waals surface area (Å²) in [5.41, 5.74) is 3.00. The average Bonchev–Trinajstić information content (AvgIpc) is 2.77. The van der Waals surface area contributed by atoms with Crippen LogP contribution in [0.25, 0.3) is 0 Å². The molecule has 9 heteroatoms. The lowest BCUT2D eigenvalue weighted by Crippen LogP contribution is -2.52. The van der Waals surface area contributed by atoms with Gasteiger partial charge in [-0.15, -0.1) is 0 Å². The summed E-state index contributed by atoms with van der Waals surface area (Å²) in [6, 6.07) is 11.6. The molecule has 0 aliphatic carbocycles.